The van der Waals surface area contributed by atoms with Crippen molar-refractivity contribution in [1.82, 2.24) is 0 Å². The van der Waals surface area contributed by atoms with Crippen molar-refractivity contribution in [2.45, 2.75) is 32.4 Å². The molecule has 2 aromatic rings. The summed E-state index contributed by atoms with van der Waals surface area (Å²) in [4.78, 5) is 0. The highest BCUT2D eigenvalue weighted by Gasteiger charge is 2.20. The van der Waals surface area contributed by atoms with Gasteiger partial charge in [0.1, 0.15) is 0 Å². The second-order valence-electron chi connectivity index (χ2n) is 5.09. The molecule has 108 valence electrons. The highest BCUT2D eigenvalue weighted by Crippen LogP contribution is 2.24. The molecule has 2 nitrogen and oxygen atoms in total. The van der Waals surface area contributed by atoms with Crippen molar-refractivity contribution in [3.05, 3.63) is 70.8 Å². The monoisotopic (exact) mass is 291 g/mol. The lowest BCUT2D eigenvalue weighted by Gasteiger charge is -2.23. The minimum Gasteiger partial charge on any atom is -0.391 e. The third-order valence-corrected chi connectivity index (χ3v) is 3.58. The van der Waals surface area contributed by atoms with E-state index < -0.39 is 6.10 Å². The predicted molar refractivity (Wildman–Crippen MR) is 86.2 cm³/mol. The van der Waals surface area contributed by atoms with Crippen molar-refractivity contribution in [3.63, 3.8) is 0 Å². The van der Waals surface area contributed by atoms with Gasteiger partial charge in [0.2, 0.25) is 0 Å². The predicted octanol–water partition coefficient (Wildman–Crippen LogP) is 3.33. The molecule has 20 heavy (non-hydrogen) atoms. The molecule has 0 bridgehead atoms. The molecule has 0 spiro atoms. The van der Waals surface area contributed by atoms with Crippen LogP contribution in [0.5, 0.6) is 0 Å². The Labute approximate surface area is 127 Å². The van der Waals surface area contributed by atoms with E-state index in [0.29, 0.717) is 6.42 Å². The van der Waals surface area contributed by atoms with E-state index in [1.54, 1.807) is 0 Å². The van der Waals surface area contributed by atoms with E-state index in [1.807, 2.05) is 62.4 Å². The van der Waals surface area contributed by atoms with Gasteiger partial charge in [-0.2, -0.15) is 0 Å². The highest BCUT2D eigenvalue weighted by atomic mass is 35.5. The summed E-state index contributed by atoms with van der Waals surface area (Å²) >= 11 is 0. The Morgan fingerprint density at radius 2 is 1.50 bits per heavy atom. The molecular formula is C17H22ClNO. The van der Waals surface area contributed by atoms with Gasteiger partial charge in [0.05, 0.1) is 12.1 Å². The topological polar surface area (TPSA) is 46.2 Å². The number of hydrogen-bond acceptors (Lipinski definition) is 2. The summed E-state index contributed by atoms with van der Waals surface area (Å²) in [5.41, 5.74) is 10.7. The molecule has 2 aromatic carbocycles. The maximum atomic E-state index is 10.3. The first-order valence-electron chi connectivity index (χ1n) is 6.63. The Kier molecular flexibility index (Phi) is 6.21. The number of aliphatic hydroxyl groups excluding tert-OH is 1. The van der Waals surface area contributed by atoms with Gasteiger partial charge in [-0.05, 0) is 36.1 Å². The minimum atomic E-state index is -0.567. The van der Waals surface area contributed by atoms with Gasteiger partial charge in [0.15, 0.2) is 0 Å². The number of rotatable bonds is 4. The maximum absolute atomic E-state index is 10.3. The Bertz CT molecular complexity index is 522. The molecule has 0 aromatic heterocycles. The fraction of sp³-hybridized carbons (Fsp3) is 0.294. The summed E-state index contributed by atoms with van der Waals surface area (Å²) < 4.78 is 0. The fourth-order valence-electron chi connectivity index (χ4n) is 2.53. The highest BCUT2D eigenvalue weighted by molar-refractivity contribution is 5.85. The zero-order valence-electron chi connectivity index (χ0n) is 11.9. The van der Waals surface area contributed by atoms with E-state index in [1.165, 1.54) is 0 Å². The molecule has 2 rings (SSSR count). The maximum Gasteiger partial charge on any atom is 0.0773 e. The summed E-state index contributed by atoms with van der Waals surface area (Å²) in [6.45, 7) is 4.08. The average Bonchev–Trinajstić information content (AvgIpc) is 2.39. The second kappa shape index (κ2) is 7.44. The van der Waals surface area contributed by atoms with E-state index in [0.717, 1.165) is 22.3 Å². The van der Waals surface area contributed by atoms with Gasteiger partial charge in [-0.3, -0.25) is 0 Å². The summed E-state index contributed by atoms with van der Waals surface area (Å²) in [5.74, 6) is 0. The molecule has 0 amide bonds. The SMILES string of the molecule is Cc1cccc(C)c1[C@@H](N)[C@@H](O)Cc1ccccc1.Cl. The van der Waals surface area contributed by atoms with Crippen LogP contribution in [0.15, 0.2) is 48.5 Å². The standard InChI is InChI=1S/C17H21NO.ClH/c1-12-7-6-8-13(2)16(12)17(18)15(19)11-14-9-4-3-5-10-14;/h3-10,15,17,19H,11,18H2,1-2H3;1H/t15-,17-;/m0./s1. The summed E-state index contributed by atoms with van der Waals surface area (Å²) in [7, 11) is 0. The molecule has 0 saturated heterocycles. The van der Waals surface area contributed by atoms with E-state index in [-0.39, 0.29) is 18.4 Å². The first-order valence-corrected chi connectivity index (χ1v) is 6.63. The summed E-state index contributed by atoms with van der Waals surface area (Å²) in [5, 5.41) is 10.3. The second-order valence-corrected chi connectivity index (χ2v) is 5.09. The van der Waals surface area contributed by atoms with Gasteiger partial charge < -0.3 is 10.8 Å². The average molecular weight is 292 g/mol. The zero-order valence-corrected chi connectivity index (χ0v) is 12.7. The first kappa shape index (κ1) is 16.7. The molecule has 3 N–H and O–H groups in total. The summed E-state index contributed by atoms with van der Waals surface area (Å²) in [6.07, 6.45) is 0.0117. The lowest BCUT2D eigenvalue weighted by atomic mass is 9.91. The molecule has 0 aliphatic carbocycles. The van der Waals surface area contributed by atoms with Crippen LogP contribution in [0.1, 0.15) is 28.3 Å². The van der Waals surface area contributed by atoms with Crippen molar-refractivity contribution < 1.29 is 5.11 Å². The lowest BCUT2D eigenvalue weighted by molar-refractivity contribution is 0.144. The number of nitrogens with two attached hydrogens (primary N) is 1. The van der Waals surface area contributed by atoms with Crippen molar-refractivity contribution in [2.75, 3.05) is 0 Å². The van der Waals surface area contributed by atoms with Crippen molar-refractivity contribution in [3.8, 4) is 0 Å². The van der Waals surface area contributed by atoms with E-state index in [9.17, 15) is 5.11 Å². The van der Waals surface area contributed by atoms with E-state index in [2.05, 4.69) is 0 Å². The Morgan fingerprint density at radius 1 is 0.950 bits per heavy atom. The molecule has 2 atom stereocenters. The van der Waals surface area contributed by atoms with Crippen LogP contribution in [0.3, 0.4) is 0 Å². The lowest BCUT2D eigenvalue weighted by Crippen LogP contribution is -2.29. The Morgan fingerprint density at radius 3 is 2.05 bits per heavy atom. The quantitative estimate of drug-likeness (QED) is 0.908. The van der Waals surface area contributed by atoms with Crippen molar-refractivity contribution in [2.24, 2.45) is 5.73 Å². The van der Waals surface area contributed by atoms with Crippen LogP contribution >= 0.6 is 12.4 Å². The number of benzene rings is 2. The minimum absolute atomic E-state index is 0. The first-order chi connectivity index (χ1) is 9.09. The summed E-state index contributed by atoms with van der Waals surface area (Å²) in [6, 6.07) is 15.7. The van der Waals surface area contributed by atoms with Crippen molar-refractivity contribution in [1.29, 1.82) is 0 Å². The number of aryl methyl sites for hydroxylation is 2. The van der Waals surface area contributed by atoms with Crippen LogP contribution in [-0.2, 0) is 6.42 Å². The van der Waals surface area contributed by atoms with Crippen LogP contribution in [0.4, 0.5) is 0 Å². The van der Waals surface area contributed by atoms with Gasteiger partial charge in [-0.1, -0.05) is 48.5 Å². The van der Waals surface area contributed by atoms with Crippen LogP contribution in [0.25, 0.3) is 0 Å². The Balaban J connectivity index is 0.00000200. The molecule has 0 unspecified atom stereocenters. The zero-order chi connectivity index (χ0) is 13.8. The van der Waals surface area contributed by atoms with Crippen LogP contribution in [0.2, 0.25) is 0 Å². The van der Waals surface area contributed by atoms with Crippen LogP contribution < -0.4 is 5.73 Å². The molecule has 3 heteroatoms. The van der Waals surface area contributed by atoms with Crippen LogP contribution in [0, 0.1) is 13.8 Å². The van der Waals surface area contributed by atoms with Crippen molar-refractivity contribution >= 4 is 12.4 Å². The Hall–Kier alpha value is -1.35. The van der Waals surface area contributed by atoms with Crippen LogP contribution in [-0.4, -0.2) is 11.2 Å². The fourth-order valence-corrected chi connectivity index (χ4v) is 2.53. The molecule has 0 saturated carbocycles. The third-order valence-electron chi connectivity index (χ3n) is 3.58. The molecular weight excluding hydrogens is 270 g/mol. The van der Waals surface area contributed by atoms with Gasteiger partial charge in [0.25, 0.3) is 0 Å². The van der Waals surface area contributed by atoms with Gasteiger partial charge >= 0.3 is 0 Å². The molecule has 0 aliphatic rings. The normalized spacial score (nSPS) is 13.4. The van der Waals surface area contributed by atoms with E-state index >= 15 is 0 Å². The smallest absolute Gasteiger partial charge is 0.0773 e. The van der Waals surface area contributed by atoms with E-state index in [4.69, 9.17) is 5.73 Å². The molecule has 0 aliphatic heterocycles. The molecule has 0 heterocycles. The van der Waals surface area contributed by atoms with Gasteiger partial charge in [0, 0.05) is 6.42 Å². The number of halogens is 1. The number of hydrogen-bond donors (Lipinski definition) is 2. The van der Waals surface area contributed by atoms with Gasteiger partial charge in [-0.25, -0.2) is 0 Å². The third kappa shape index (κ3) is 3.83. The molecule has 0 fully saturated rings. The van der Waals surface area contributed by atoms with Gasteiger partial charge in [-0.15, -0.1) is 12.4 Å². The largest absolute Gasteiger partial charge is 0.391 e. The number of aliphatic hydroxyl groups is 1. The molecule has 0 radical (unpaired) electrons.